The van der Waals surface area contributed by atoms with E-state index in [0.29, 0.717) is 12.0 Å². The topological polar surface area (TPSA) is 46.4 Å². The van der Waals surface area contributed by atoms with Gasteiger partial charge in [0.05, 0.1) is 12.1 Å². The SMILES string of the molecule is CCC(C)n1nc(-c2ccc(OC(C)C)cc2)nc1C1CN(C)CCN(C)C1. The normalized spacial score (nSPS) is 18.4. The van der Waals surface area contributed by atoms with Crippen molar-refractivity contribution in [2.24, 2.45) is 0 Å². The number of aromatic nitrogens is 3. The summed E-state index contributed by atoms with van der Waals surface area (Å²) in [6, 6.07) is 8.46. The number of hydrogen-bond donors (Lipinski definition) is 0. The molecular weight excluding hydrogens is 350 g/mol. The number of ether oxygens (including phenoxy) is 1. The highest BCUT2D eigenvalue weighted by molar-refractivity contribution is 5.56. The van der Waals surface area contributed by atoms with E-state index in [1.165, 1.54) is 0 Å². The molecule has 1 aliphatic rings. The molecule has 3 rings (SSSR count). The van der Waals surface area contributed by atoms with Crippen molar-refractivity contribution < 1.29 is 4.74 Å². The second kappa shape index (κ2) is 9.05. The van der Waals surface area contributed by atoms with E-state index in [4.69, 9.17) is 14.8 Å². The summed E-state index contributed by atoms with van der Waals surface area (Å²) in [5, 5.41) is 4.93. The van der Waals surface area contributed by atoms with E-state index >= 15 is 0 Å². The van der Waals surface area contributed by atoms with Crippen LogP contribution in [0, 0.1) is 0 Å². The van der Waals surface area contributed by atoms with Gasteiger partial charge < -0.3 is 14.5 Å². The van der Waals surface area contributed by atoms with Gasteiger partial charge in [-0.1, -0.05) is 6.92 Å². The molecular formula is C22H35N5O. The van der Waals surface area contributed by atoms with Crippen LogP contribution >= 0.6 is 0 Å². The first kappa shape index (κ1) is 20.8. The predicted octanol–water partition coefficient (Wildman–Crippen LogP) is 3.66. The van der Waals surface area contributed by atoms with Crippen molar-refractivity contribution in [3.05, 3.63) is 30.1 Å². The molecule has 0 spiro atoms. The molecule has 0 radical (unpaired) electrons. The van der Waals surface area contributed by atoms with Gasteiger partial charge in [-0.3, -0.25) is 0 Å². The van der Waals surface area contributed by atoms with Crippen molar-refractivity contribution >= 4 is 0 Å². The lowest BCUT2D eigenvalue weighted by Crippen LogP contribution is -2.28. The summed E-state index contributed by atoms with van der Waals surface area (Å²) in [6.45, 7) is 12.7. The minimum absolute atomic E-state index is 0.171. The molecule has 154 valence electrons. The van der Waals surface area contributed by atoms with Crippen molar-refractivity contribution in [3.8, 4) is 17.1 Å². The molecule has 6 heteroatoms. The standard InChI is InChI=1S/C22H35N5O/c1-7-17(4)27-22(19-14-25(5)12-13-26(6)15-19)23-21(24-27)18-8-10-20(11-9-18)28-16(2)3/h8-11,16-17,19H,7,12-15H2,1-6H3. The van der Waals surface area contributed by atoms with Crippen molar-refractivity contribution in [2.75, 3.05) is 40.3 Å². The maximum atomic E-state index is 5.77. The van der Waals surface area contributed by atoms with Crippen LogP contribution in [0.2, 0.25) is 0 Å². The van der Waals surface area contributed by atoms with Gasteiger partial charge in [0.25, 0.3) is 0 Å². The Balaban J connectivity index is 1.93. The molecule has 1 aromatic carbocycles. The first-order valence-electron chi connectivity index (χ1n) is 10.5. The molecule has 6 nitrogen and oxygen atoms in total. The fourth-order valence-electron chi connectivity index (χ4n) is 3.69. The third-order valence-corrected chi connectivity index (χ3v) is 5.44. The molecule has 2 aromatic rings. The molecule has 0 amide bonds. The van der Waals surface area contributed by atoms with Gasteiger partial charge in [0.2, 0.25) is 0 Å². The molecule has 1 aromatic heterocycles. The summed E-state index contributed by atoms with van der Waals surface area (Å²) >= 11 is 0. The van der Waals surface area contributed by atoms with E-state index in [-0.39, 0.29) is 6.10 Å². The smallest absolute Gasteiger partial charge is 0.181 e. The van der Waals surface area contributed by atoms with Crippen LogP contribution in [0.1, 0.15) is 51.9 Å². The summed E-state index contributed by atoms with van der Waals surface area (Å²) in [5.74, 6) is 3.15. The molecule has 2 heterocycles. The van der Waals surface area contributed by atoms with E-state index in [1.54, 1.807) is 0 Å². The predicted molar refractivity (Wildman–Crippen MR) is 114 cm³/mol. The maximum Gasteiger partial charge on any atom is 0.181 e. The summed E-state index contributed by atoms with van der Waals surface area (Å²) < 4.78 is 7.92. The van der Waals surface area contributed by atoms with Crippen molar-refractivity contribution in [3.63, 3.8) is 0 Å². The van der Waals surface area contributed by atoms with Gasteiger partial charge >= 0.3 is 0 Å². The Bertz CT molecular complexity index is 743. The van der Waals surface area contributed by atoms with Crippen LogP contribution in [0.5, 0.6) is 5.75 Å². The average molecular weight is 386 g/mol. The van der Waals surface area contributed by atoms with E-state index in [1.807, 2.05) is 26.0 Å². The van der Waals surface area contributed by atoms with E-state index in [9.17, 15) is 0 Å². The molecule has 1 saturated heterocycles. The largest absolute Gasteiger partial charge is 0.491 e. The van der Waals surface area contributed by atoms with Gasteiger partial charge in [-0.2, -0.15) is 5.10 Å². The zero-order valence-electron chi connectivity index (χ0n) is 18.2. The molecule has 0 saturated carbocycles. The summed E-state index contributed by atoms with van der Waals surface area (Å²) in [7, 11) is 4.40. The molecule has 0 N–H and O–H groups in total. The lowest BCUT2D eigenvalue weighted by Gasteiger charge is -2.22. The average Bonchev–Trinajstić information content (AvgIpc) is 3.03. The number of likely N-dealkylation sites (N-methyl/N-ethyl adjacent to an activating group) is 2. The van der Waals surface area contributed by atoms with E-state index < -0.39 is 0 Å². The third-order valence-electron chi connectivity index (χ3n) is 5.44. The van der Waals surface area contributed by atoms with Crippen LogP contribution in [-0.4, -0.2) is 70.9 Å². The second-order valence-electron chi connectivity index (χ2n) is 8.41. The number of hydrogen-bond acceptors (Lipinski definition) is 5. The minimum atomic E-state index is 0.171. The van der Waals surface area contributed by atoms with E-state index in [2.05, 4.69) is 54.6 Å². The van der Waals surface area contributed by atoms with Crippen LogP contribution in [0.4, 0.5) is 0 Å². The monoisotopic (exact) mass is 385 g/mol. The van der Waals surface area contributed by atoms with Gasteiger partial charge in [-0.25, -0.2) is 9.67 Å². The lowest BCUT2D eigenvalue weighted by atomic mass is 10.1. The zero-order valence-corrected chi connectivity index (χ0v) is 18.2. The Morgan fingerprint density at radius 2 is 1.64 bits per heavy atom. The Morgan fingerprint density at radius 3 is 2.18 bits per heavy atom. The Labute approximate surface area is 169 Å². The summed E-state index contributed by atoms with van der Waals surface area (Å²) in [5.41, 5.74) is 1.04. The van der Waals surface area contributed by atoms with Gasteiger partial charge in [-0.05, 0) is 65.6 Å². The molecule has 0 bridgehead atoms. The van der Waals surface area contributed by atoms with Crippen molar-refractivity contribution in [2.45, 2.75) is 52.2 Å². The van der Waals surface area contributed by atoms with Gasteiger partial charge in [0.1, 0.15) is 11.6 Å². The molecule has 1 fully saturated rings. The Kier molecular flexibility index (Phi) is 6.73. The highest BCUT2D eigenvalue weighted by Gasteiger charge is 2.27. The van der Waals surface area contributed by atoms with Crippen molar-refractivity contribution in [1.29, 1.82) is 0 Å². The van der Waals surface area contributed by atoms with Gasteiger partial charge in [-0.15, -0.1) is 0 Å². The molecule has 1 atom stereocenters. The first-order chi connectivity index (χ1) is 13.4. The van der Waals surface area contributed by atoms with Crippen LogP contribution in [0.3, 0.4) is 0 Å². The first-order valence-corrected chi connectivity index (χ1v) is 10.5. The third kappa shape index (κ3) is 4.92. The van der Waals surface area contributed by atoms with Crippen molar-refractivity contribution in [1.82, 2.24) is 24.6 Å². The Morgan fingerprint density at radius 1 is 1.04 bits per heavy atom. The molecule has 28 heavy (non-hydrogen) atoms. The molecule has 1 aliphatic heterocycles. The van der Waals surface area contributed by atoms with Gasteiger partial charge in [0.15, 0.2) is 5.82 Å². The zero-order chi connectivity index (χ0) is 20.3. The lowest BCUT2D eigenvalue weighted by molar-refractivity contribution is 0.242. The maximum absolute atomic E-state index is 5.77. The quantitative estimate of drug-likeness (QED) is 0.759. The summed E-state index contributed by atoms with van der Waals surface area (Å²) in [4.78, 5) is 9.84. The highest BCUT2D eigenvalue weighted by Crippen LogP contribution is 2.27. The van der Waals surface area contributed by atoms with E-state index in [0.717, 1.165) is 55.6 Å². The van der Waals surface area contributed by atoms with Gasteiger partial charge in [0, 0.05) is 37.7 Å². The molecule has 1 unspecified atom stereocenters. The van der Waals surface area contributed by atoms with Crippen LogP contribution in [0.15, 0.2) is 24.3 Å². The number of benzene rings is 1. The van der Waals surface area contributed by atoms with Crippen LogP contribution in [0.25, 0.3) is 11.4 Å². The second-order valence-corrected chi connectivity index (χ2v) is 8.41. The minimum Gasteiger partial charge on any atom is -0.491 e. The fraction of sp³-hybridized carbons (Fsp3) is 0.636. The highest BCUT2D eigenvalue weighted by atomic mass is 16.5. The number of nitrogens with zero attached hydrogens (tertiary/aromatic N) is 5. The summed E-state index contributed by atoms with van der Waals surface area (Å²) in [6.07, 6.45) is 1.21. The number of rotatable bonds is 6. The van der Waals surface area contributed by atoms with Crippen LogP contribution < -0.4 is 4.74 Å². The fourth-order valence-corrected chi connectivity index (χ4v) is 3.69. The Hall–Kier alpha value is -1.92. The van der Waals surface area contributed by atoms with Crippen LogP contribution in [-0.2, 0) is 0 Å². The molecule has 0 aliphatic carbocycles.